The van der Waals surface area contributed by atoms with E-state index in [2.05, 4.69) is 42.1 Å². The summed E-state index contributed by atoms with van der Waals surface area (Å²) in [6.07, 6.45) is 8.56. The lowest BCUT2D eigenvalue weighted by Gasteiger charge is -2.36. The molecule has 2 heterocycles. The van der Waals surface area contributed by atoms with E-state index in [1.165, 1.54) is 34.8 Å². The van der Waals surface area contributed by atoms with Gasteiger partial charge in [-0.15, -0.1) is 11.3 Å². The number of carbonyl (C=O) groups is 1. The Morgan fingerprint density at radius 3 is 2.92 bits per heavy atom. The molecule has 0 spiro atoms. The summed E-state index contributed by atoms with van der Waals surface area (Å²) >= 11 is 1.54. The van der Waals surface area contributed by atoms with E-state index in [-0.39, 0.29) is 17.0 Å². The monoisotopic (exact) mass is 354 g/mol. The number of nitrogens with one attached hydrogen (secondary N) is 1. The molecule has 25 heavy (non-hydrogen) atoms. The van der Waals surface area contributed by atoms with Gasteiger partial charge in [0.05, 0.1) is 11.8 Å². The van der Waals surface area contributed by atoms with Gasteiger partial charge >= 0.3 is 0 Å². The molecule has 0 radical (unpaired) electrons. The number of nitriles is 1. The normalized spacial score (nSPS) is 16.8. The molecule has 6 heteroatoms. The maximum Gasteiger partial charge on any atom is 0.276 e. The van der Waals surface area contributed by atoms with Crippen LogP contribution < -0.4 is 5.32 Å². The van der Waals surface area contributed by atoms with Crippen LogP contribution in [0.1, 0.15) is 60.1 Å². The van der Waals surface area contributed by atoms with Gasteiger partial charge in [-0.25, -0.2) is 4.98 Å². The second-order valence-corrected chi connectivity index (χ2v) is 8.25. The Balaban J connectivity index is 1.86. The summed E-state index contributed by atoms with van der Waals surface area (Å²) in [6, 6.07) is 2.29. The van der Waals surface area contributed by atoms with E-state index in [0.717, 1.165) is 31.2 Å². The third-order valence-corrected chi connectivity index (χ3v) is 6.59. The largest absolute Gasteiger partial charge is 0.311 e. The molecule has 130 valence electrons. The van der Waals surface area contributed by atoms with Crippen molar-refractivity contribution >= 4 is 22.2 Å². The average molecular weight is 354 g/mol. The van der Waals surface area contributed by atoms with Crippen molar-refractivity contribution in [2.45, 2.75) is 46.5 Å². The summed E-state index contributed by atoms with van der Waals surface area (Å²) < 4.78 is 0. The van der Waals surface area contributed by atoms with Crippen molar-refractivity contribution in [2.24, 2.45) is 11.3 Å². The molecule has 1 amide bonds. The van der Waals surface area contributed by atoms with Crippen LogP contribution in [0.5, 0.6) is 0 Å². The number of hydrogen-bond donors (Lipinski definition) is 1. The minimum absolute atomic E-state index is 0.253. The fourth-order valence-corrected chi connectivity index (χ4v) is 4.60. The molecule has 2 aromatic heterocycles. The smallest absolute Gasteiger partial charge is 0.276 e. The third-order valence-electron chi connectivity index (χ3n) is 5.42. The molecule has 0 aromatic carbocycles. The molecule has 1 aliphatic carbocycles. The van der Waals surface area contributed by atoms with E-state index >= 15 is 0 Å². The fraction of sp³-hybridized carbons (Fsp3) is 0.474. The second-order valence-electron chi connectivity index (χ2n) is 7.15. The van der Waals surface area contributed by atoms with Crippen molar-refractivity contribution in [1.82, 2.24) is 9.97 Å². The SMILES string of the molecule is CCC(C)(C)C1CCc2c(sc(NC(=O)c3cnccn3)c2C#N)C1. The molecule has 0 saturated heterocycles. The summed E-state index contributed by atoms with van der Waals surface area (Å²) in [6.45, 7) is 6.87. The minimum atomic E-state index is -0.325. The molecule has 0 aliphatic heterocycles. The van der Waals surface area contributed by atoms with E-state index in [0.29, 0.717) is 16.5 Å². The van der Waals surface area contributed by atoms with Crippen molar-refractivity contribution < 1.29 is 4.79 Å². The number of carbonyl (C=O) groups excluding carboxylic acids is 1. The topological polar surface area (TPSA) is 78.7 Å². The first-order valence-corrected chi connectivity index (χ1v) is 9.40. The average Bonchev–Trinajstić information content (AvgIpc) is 2.98. The Hall–Kier alpha value is -2.26. The Bertz CT molecular complexity index is 820. The number of nitrogens with zero attached hydrogens (tertiary/aromatic N) is 3. The zero-order chi connectivity index (χ0) is 18.0. The van der Waals surface area contributed by atoms with E-state index in [4.69, 9.17) is 0 Å². The third kappa shape index (κ3) is 3.42. The molecular weight excluding hydrogens is 332 g/mol. The second kappa shape index (κ2) is 6.93. The highest BCUT2D eigenvalue weighted by Gasteiger charge is 2.34. The highest BCUT2D eigenvalue weighted by molar-refractivity contribution is 7.16. The van der Waals surface area contributed by atoms with Gasteiger partial charge in [-0.1, -0.05) is 27.2 Å². The van der Waals surface area contributed by atoms with Crippen LogP contribution in [0.4, 0.5) is 5.00 Å². The molecule has 5 nitrogen and oxygen atoms in total. The number of hydrogen-bond acceptors (Lipinski definition) is 5. The summed E-state index contributed by atoms with van der Waals surface area (Å²) in [5.41, 5.74) is 2.27. The standard InChI is InChI=1S/C19H22N4OS/c1-4-19(2,3)12-5-6-13-14(10-20)18(25-16(13)9-12)23-17(24)15-11-21-7-8-22-15/h7-8,11-12H,4-6,9H2,1-3H3,(H,23,24). The first kappa shape index (κ1) is 17.6. The summed E-state index contributed by atoms with van der Waals surface area (Å²) in [7, 11) is 0. The van der Waals surface area contributed by atoms with Crippen LogP contribution in [0.25, 0.3) is 0 Å². The van der Waals surface area contributed by atoms with Crippen molar-refractivity contribution in [2.75, 3.05) is 5.32 Å². The number of amides is 1. The predicted molar refractivity (Wildman–Crippen MR) is 98.6 cm³/mol. The van der Waals surface area contributed by atoms with Gasteiger partial charge in [0.1, 0.15) is 16.8 Å². The van der Waals surface area contributed by atoms with Crippen LogP contribution in [0, 0.1) is 22.7 Å². The maximum absolute atomic E-state index is 12.3. The van der Waals surface area contributed by atoms with Gasteiger partial charge in [-0.3, -0.25) is 9.78 Å². The van der Waals surface area contributed by atoms with Crippen LogP contribution in [-0.4, -0.2) is 15.9 Å². The van der Waals surface area contributed by atoms with E-state index in [1.807, 2.05) is 0 Å². The van der Waals surface area contributed by atoms with Crippen molar-refractivity contribution in [3.05, 3.63) is 40.3 Å². The molecule has 3 rings (SSSR count). The molecule has 0 fully saturated rings. The fourth-order valence-electron chi connectivity index (χ4n) is 3.33. The van der Waals surface area contributed by atoms with Crippen LogP contribution in [-0.2, 0) is 12.8 Å². The van der Waals surface area contributed by atoms with E-state index < -0.39 is 0 Å². The lowest BCUT2D eigenvalue weighted by molar-refractivity contribution is 0.102. The quantitative estimate of drug-likeness (QED) is 0.892. The van der Waals surface area contributed by atoms with Crippen molar-refractivity contribution in [3.63, 3.8) is 0 Å². The zero-order valence-electron chi connectivity index (χ0n) is 14.8. The minimum Gasteiger partial charge on any atom is -0.311 e. The van der Waals surface area contributed by atoms with Gasteiger partial charge in [-0.05, 0) is 36.2 Å². The Morgan fingerprint density at radius 2 is 2.28 bits per heavy atom. The Morgan fingerprint density at radius 1 is 1.48 bits per heavy atom. The number of thiophene rings is 1. The lowest BCUT2D eigenvalue weighted by Crippen LogP contribution is -2.28. The van der Waals surface area contributed by atoms with Crippen LogP contribution in [0.15, 0.2) is 18.6 Å². The summed E-state index contributed by atoms with van der Waals surface area (Å²) in [5.74, 6) is 0.285. The molecule has 0 saturated carbocycles. The lowest BCUT2D eigenvalue weighted by atomic mass is 9.69. The summed E-state index contributed by atoms with van der Waals surface area (Å²) in [5, 5.41) is 13.1. The molecule has 1 aliphatic rings. The van der Waals surface area contributed by atoms with E-state index in [1.54, 1.807) is 0 Å². The highest BCUT2D eigenvalue weighted by Crippen LogP contribution is 2.45. The van der Waals surface area contributed by atoms with Crippen LogP contribution >= 0.6 is 11.3 Å². The van der Waals surface area contributed by atoms with Gasteiger partial charge < -0.3 is 5.32 Å². The van der Waals surface area contributed by atoms with Crippen molar-refractivity contribution in [1.29, 1.82) is 5.26 Å². The first-order chi connectivity index (χ1) is 12.0. The summed E-state index contributed by atoms with van der Waals surface area (Å²) in [4.78, 5) is 21.5. The van der Waals surface area contributed by atoms with E-state index in [9.17, 15) is 10.1 Å². The van der Waals surface area contributed by atoms with Gasteiger partial charge in [-0.2, -0.15) is 5.26 Å². The first-order valence-electron chi connectivity index (χ1n) is 8.58. The maximum atomic E-state index is 12.3. The van der Waals surface area contributed by atoms with Gasteiger partial charge in [0.25, 0.3) is 5.91 Å². The number of anilines is 1. The van der Waals surface area contributed by atoms with Crippen LogP contribution in [0.2, 0.25) is 0 Å². The molecular formula is C19H22N4OS. The van der Waals surface area contributed by atoms with Gasteiger partial charge in [0.2, 0.25) is 0 Å². The van der Waals surface area contributed by atoms with Crippen LogP contribution in [0.3, 0.4) is 0 Å². The number of rotatable bonds is 4. The molecule has 0 bridgehead atoms. The molecule has 2 aromatic rings. The highest BCUT2D eigenvalue weighted by atomic mass is 32.1. The zero-order valence-corrected chi connectivity index (χ0v) is 15.6. The van der Waals surface area contributed by atoms with Crippen molar-refractivity contribution in [3.8, 4) is 6.07 Å². The Kier molecular flexibility index (Phi) is 4.87. The molecule has 1 N–H and O–H groups in total. The number of aromatic nitrogens is 2. The molecule has 1 atom stereocenters. The number of fused-ring (bicyclic) bond motifs is 1. The van der Waals surface area contributed by atoms with Gasteiger partial charge in [0, 0.05) is 17.3 Å². The molecule has 1 unspecified atom stereocenters. The predicted octanol–water partition coefficient (Wildman–Crippen LogP) is 4.20. The van der Waals surface area contributed by atoms with Gasteiger partial charge in [0.15, 0.2) is 0 Å². The Labute approximate surface area is 152 Å².